The molecule has 5 heteroatoms. The number of hydrogen-bond acceptors (Lipinski definition) is 4. The first kappa shape index (κ1) is 14.2. The summed E-state index contributed by atoms with van der Waals surface area (Å²) in [7, 11) is 0. The maximum absolute atomic E-state index is 4.85. The van der Waals surface area contributed by atoms with Gasteiger partial charge < -0.3 is 9.47 Å². The van der Waals surface area contributed by atoms with E-state index in [0.717, 1.165) is 30.1 Å². The molecule has 4 rings (SSSR count). The van der Waals surface area contributed by atoms with Gasteiger partial charge >= 0.3 is 0 Å². The number of rotatable bonds is 3. The van der Waals surface area contributed by atoms with E-state index in [1.54, 1.807) is 6.33 Å². The second-order valence-corrected chi connectivity index (χ2v) is 6.56. The zero-order valence-corrected chi connectivity index (χ0v) is 13.8. The van der Waals surface area contributed by atoms with Crippen molar-refractivity contribution in [3.8, 4) is 0 Å². The number of anilines is 1. The smallest absolute Gasteiger partial charge is 0.132 e. The molecule has 0 saturated carbocycles. The Hall–Kier alpha value is -2.43. The van der Waals surface area contributed by atoms with Crippen LogP contribution >= 0.6 is 0 Å². The largest absolute Gasteiger partial charge is 0.352 e. The molecule has 5 nitrogen and oxygen atoms in total. The topological polar surface area (TPSA) is 46.8 Å². The zero-order valence-electron chi connectivity index (χ0n) is 13.8. The lowest BCUT2D eigenvalue weighted by atomic mass is 10.1. The van der Waals surface area contributed by atoms with Gasteiger partial charge in [-0.2, -0.15) is 0 Å². The maximum Gasteiger partial charge on any atom is 0.132 e. The molecule has 1 aliphatic heterocycles. The first-order valence-corrected chi connectivity index (χ1v) is 8.14. The van der Waals surface area contributed by atoms with Crippen molar-refractivity contribution in [2.24, 2.45) is 0 Å². The average Bonchev–Trinajstić information content (AvgIpc) is 2.86. The van der Waals surface area contributed by atoms with Gasteiger partial charge in [-0.25, -0.2) is 15.0 Å². The van der Waals surface area contributed by atoms with Gasteiger partial charge in [0.15, 0.2) is 0 Å². The number of nitrogens with zero attached hydrogens (tertiary/aromatic N) is 5. The van der Waals surface area contributed by atoms with Crippen molar-refractivity contribution in [2.45, 2.75) is 32.7 Å². The molecule has 0 spiro atoms. The number of hydrogen-bond donors (Lipinski definition) is 0. The molecule has 0 unspecified atom stereocenters. The lowest BCUT2D eigenvalue weighted by Crippen LogP contribution is -2.48. The molecule has 1 saturated heterocycles. The van der Waals surface area contributed by atoms with Crippen molar-refractivity contribution < 1.29 is 0 Å². The van der Waals surface area contributed by atoms with Crippen molar-refractivity contribution in [3.63, 3.8) is 0 Å². The average molecular weight is 307 g/mol. The number of fused-ring (bicyclic) bond motifs is 1. The Morgan fingerprint density at radius 3 is 2.65 bits per heavy atom. The van der Waals surface area contributed by atoms with Crippen molar-refractivity contribution in [1.82, 2.24) is 19.5 Å². The highest BCUT2D eigenvalue weighted by Crippen LogP contribution is 2.32. The van der Waals surface area contributed by atoms with E-state index in [0.29, 0.717) is 12.0 Å². The van der Waals surface area contributed by atoms with Crippen molar-refractivity contribution in [3.05, 3.63) is 48.2 Å². The first-order valence-electron chi connectivity index (χ1n) is 8.14. The molecule has 1 fully saturated rings. The number of para-hydroxylation sites is 2. The molecule has 0 N–H and O–H groups in total. The third-order valence-electron chi connectivity index (χ3n) is 4.48. The van der Waals surface area contributed by atoms with E-state index in [1.807, 2.05) is 13.0 Å². The molecule has 0 atom stereocenters. The van der Waals surface area contributed by atoms with Gasteiger partial charge in [-0.1, -0.05) is 26.0 Å². The highest BCUT2D eigenvalue weighted by atomic mass is 15.3. The summed E-state index contributed by atoms with van der Waals surface area (Å²) in [6.07, 6.45) is 1.64. The van der Waals surface area contributed by atoms with Crippen LogP contribution < -0.4 is 4.90 Å². The first-order chi connectivity index (χ1) is 11.1. The van der Waals surface area contributed by atoms with E-state index >= 15 is 0 Å². The highest BCUT2D eigenvalue weighted by Gasteiger charge is 2.32. The van der Waals surface area contributed by atoms with E-state index in [1.165, 1.54) is 11.3 Å². The Morgan fingerprint density at radius 2 is 1.91 bits per heavy atom. The van der Waals surface area contributed by atoms with Gasteiger partial charge in [0, 0.05) is 30.8 Å². The summed E-state index contributed by atoms with van der Waals surface area (Å²) in [4.78, 5) is 15.7. The van der Waals surface area contributed by atoms with E-state index in [4.69, 9.17) is 4.98 Å². The molecule has 0 radical (unpaired) electrons. The van der Waals surface area contributed by atoms with Crippen LogP contribution in [0.25, 0.3) is 11.0 Å². The lowest BCUT2D eigenvalue weighted by molar-refractivity contribution is 0.390. The molecule has 1 aromatic carbocycles. The van der Waals surface area contributed by atoms with Crippen molar-refractivity contribution >= 4 is 16.9 Å². The number of benzene rings is 1. The molecule has 0 aliphatic carbocycles. The van der Waals surface area contributed by atoms with Gasteiger partial charge in [0.25, 0.3) is 0 Å². The highest BCUT2D eigenvalue weighted by molar-refractivity contribution is 5.76. The minimum Gasteiger partial charge on any atom is -0.352 e. The minimum atomic E-state index is 0.415. The molecule has 23 heavy (non-hydrogen) atoms. The zero-order chi connectivity index (χ0) is 16.0. The summed E-state index contributed by atoms with van der Waals surface area (Å²) in [5.74, 6) is 2.61. The monoisotopic (exact) mass is 307 g/mol. The fourth-order valence-electron chi connectivity index (χ4n) is 3.27. The van der Waals surface area contributed by atoms with Crippen LogP contribution in [0.15, 0.2) is 36.7 Å². The summed E-state index contributed by atoms with van der Waals surface area (Å²) in [5, 5.41) is 0. The van der Waals surface area contributed by atoms with Crippen molar-refractivity contribution in [2.75, 3.05) is 18.0 Å². The normalized spacial score (nSPS) is 15.4. The number of imidazole rings is 1. The second kappa shape index (κ2) is 5.33. The third-order valence-corrected chi connectivity index (χ3v) is 4.48. The van der Waals surface area contributed by atoms with Crippen LogP contribution in [-0.2, 0) is 0 Å². The fraction of sp³-hybridized carbons (Fsp3) is 0.389. The number of aromatic nitrogens is 4. The molecule has 118 valence electrons. The summed E-state index contributed by atoms with van der Waals surface area (Å²) in [6.45, 7) is 8.36. The Kier molecular flexibility index (Phi) is 3.29. The third kappa shape index (κ3) is 2.36. The summed E-state index contributed by atoms with van der Waals surface area (Å²) >= 11 is 0. The summed E-state index contributed by atoms with van der Waals surface area (Å²) in [5.41, 5.74) is 3.33. The number of aryl methyl sites for hydroxylation is 1. The van der Waals surface area contributed by atoms with Crippen LogP contribution in [0.2, 0.25) is 0 Å². The summed E-state index contributed by atoms with van der Waals surface area (Å²) in [6, 6.07) is 10.9. The summed E-state index contributed by atoms with van der Waals surface area (Å²) < 4.78 is 2.42. The maximum atomic E-state index is 4.85. The second-order valence-electron chi connectivity index (χ2n) is 6.56. The Labute approximate surface area is 136 Å². The van der Waals surface area contributed by atoms with Gasteiger partial charge in [0.1, 0.15) is 18.0 Å². The van der Waals surface area contributed by atoms with Crippen LogP contribution in [-0.4, -0.2) is 32.6 Å². The minimum absolute atomic E-state index is 0.415. The predicted octanol–water partition coefficient (Wildman–Crippen LogP) is 3.32. The molecule has 2 aromatic heterocycles. The quantitative estimate of drug-likeness (QED) is 0.745. The molecule has 3 heterocycles. The SMILES string of the molecule is Cc1cc(N2CC(n3c(C(C)C)nc4ccccc43)C2)ncn1. The molecule has 0 amide bonds. The van der Waals surface area contributed by atoms with E-state index < -0.39 is 0 Å². The van der Waals surface area contributed by atoms with E-state index in [-0.39, 0.29) is 0 Å². The van der Waals surface area contributed by atoms with Crippen LogP contribution in [0.1, 0.15) is 37.3 Å². The fourth-order valence-corrected chi connectivity index (χ4v) is 3.27. The molecule has 1 aliphatic rings. The lowest BCUT2D eigenvalue weighted by Gasteiger charge is -2.42. The molecule has 0 bridgehead atoms. The van der Waals surface area contributed by atoms with E-state index in [2.05, 4.69) is 57.5 Å². The Bertz CT molecular complexity index is 845. The van der Waals surface area contributed by atoms with Gasteiger partial charge in [-0.3, -0.25) is 0 Å². The van der Waals surface area contributed by atoms with Gasteiger partial charge in [-0.15, -0.1) is 0 Å². The van der Waals surface area contributed by atoms with Crippen molar-refractivity contribution in [1.29, 1.82) is 0 Å². The van der Waals surface area contributed by atoms with Crippen LogP contribution in [0, 0.1) is 6.92 Å². The Balaban J connectivity index is 1.65. The van der Waals surface area contributed by atoms with Crippen LogP contribution in [0.5, 0.6) is 0 Å². The molecular formula is C18H21N5. The van der Waals surface area contributed by atoms with Crippen LogP contribution in [0.3, 0.4) is 0 Å². The molecular weight excluding hydrogens is 286 g/mol. The standard InChI is InChI=1S/C18H21N5/c1-12(2)18-21-15-6-4-5-7-16(15)23(18)14-9-22(10-14)17-8-13(3)19-11-20-17/h4-8,11-12,14H,9-10H2,1-3H3. The predicted molar refractivity (Wildman–Crippen MR) is 91.8 cm³/mol. The van der Waals surface area contributed by atoms with Gasteiger partial charge in [0.05, 0.1) is 17.1 Å². The van der Waals surface area contributed by atoms with Gasteiger partial charge in [0.2, 0.25) is 0 Å². The van der Waals surface area contributed by atoms with Gasteiger partial charge in [-0.05, 0) is 19.1 Å². The Morgan fingerprint density at radius 1 is 1.13 bits per heavy atom. The van der Waals surface area contributed by atoms with Crippen LogP contribution in [0.4, 0.5) is 5.82 Å². The molecule has 3 aromatic rings. The van der Waals surface area contributed by atoms with E-state index in [9.17, 15) is 0 Å².